The summed E-state index contributed by atoms with van der Waals surface area (Å²) >= 11 is 0. The van der Waals surface area contributed by atoms with E-state index in [0.29, 0.717) is 6.54 Å². The van der Waals surface area contributed by atoms with Crippen LogP contribution in [-0.2, 0) is 17.8 Å². The smallest absolute Gasteiger partial charge is 0.239 e. The molecule has 0 aliphatic carbocycles. The Morgan fingerprint density at radius 3 is 2.57 bits per heavy atom. The van der Waals surface area contributed by atoms with Crippen molar-refractivity contribution in [3.8, 4) is 5.75 Å². The lowest BCUT2D eigenvalue weighted by Crippen LogP contribution is -2.29. The molecule has 2 rings (SSSR count). The van der Waals surface area contributed by atoms with Gasteiger partial charge in [-0.3, -0.25) is 4.79 Å². The fourth-order valence-corrected chi connectivity index (χ4v) is 2.55. The average Bonchev–Trinajstić information content (AvgIpc) is 2.58. The monoisotopic (exact) mass is 312 g/mol. The van der Waals surface area contributed by atoms with Crippen molar-refractivity contribution in [2.45, 2.75) is 26.8 Å². The molecule has 0 aromatic heterocycles. The lowest BCUT2D eigenvalue weighted by atomic mass is 10.1. The summed E-state index contributed by atoms with van der Waals surface area (Å²) < 4.78 is 5.29. The zero-order valence-electron chi connectivity index (χ0n) is 14.0. The molecule has 23 heavy (non-hydrogen) atoms. The van der Waals surface area contributed by atoms with Crippen molar-refractivity contribution in [1.29, 1.82) is 0 Å². The number of rotatable bonds is 7. The van der Waals surface area contributed by atoms with E-state index in [1.165, 1.54) is 5.56 Å². The molecule has 122 valence electrons. The maximum Gasteiger partial charge on any atom is 0.239 e. The highest BCUT2D eigenvalue weighted by Crippen LogP contribution is 2.20. The zero-order valence-corrected chi connectivity index (χ0v) is 14.0. The van der Waals surface area contributed by atoms with E-state index in [-0.39, 0.29) is 12.5 Å². The van der Waals surface area contributed by atoms with Gasteiger partial charge >= 0.3 is 0 Å². The summed E-state index contributed by atoms with van der Waals surface area (Å²) in [6.07, 6.45) is 0.937. The number of nitrogens with one attached hydrogen (secondary N) is 2. The molecule has 0 atom stereocenters. The number of hydrogen-bond acceptors (Lipinski definition) is 3. The van der Waals surface area contributed by atoms with E-state index in [2.05, 4.69) is 23.6 Å². The number of anilines is 1. The van der Waals surface area contributed by atoms with Crippen LogP contribution >= 0.6 is 0 Å². The van der Waals surface area contributed by atoms with Gasteiger partial charge in [-0.05, 0) is 30.5 Å². The van der Waals surface area contributed by atoms with E-state index in [0.717, 1.165) is 29.0 Å². The summed E-state index contributed by atoms with van der Waals surface area (Å²) in [7, 11) is 1.63. The minimum absolute atomic E-state index is 0.0405. The number of methoxy groups -OCH3 is 1. The highest BCUT2D eigenvalue weighted by atomic mass is 16.5. The second-order valence-corrected chi connectivity index (χ2v) is 5.40. The summed E-state index contributed by atoms with van der Waals surface area (Å²) in [5.74, 6) is 0.745. The molecule has 0 fully saturated rings. The van der Waals surface area contributed by atoms with Crippen LogP contribution in [0.25, 0.3) is 0 Å². The predicted molar refractivity (Wildman–Crippen MR) is 93.9 cm³/mol. The Hall–Kier alpha value is -2.49. The quantitative estimate of drug-likeness (QED) is 0.825. The summed E-state index contributed by atoms with van der Waals surface area (Å²) in [6.45, 7) is 4.88. The Kier molecular flexibility index (Phi) is 6.03. The number of hydrogen-bond donors (Lipinski definition) is 2. The molecule has 0 radical (unpaired) electrons. The number of aryl methyl sites for hydroxylation is 2. The summed E-state index contributed by atoms with van der Waals surface area (Å²) in [4.78, 5) is 12.1. The summed E-state index contributed by atoms with van der Waals surface area (Å²) in [6, 6.07) is 13.9. The topological polar surface area (TPSA) is 50.4 Å². The van der Waals surface area contributed by atoms with Gasteiger partial charge in [0.05, 0.1) is 13.7 Å². The van der Waals surface area contributed by atoms with Crippen molar-refractivity contribution in [2.75, 3.05) is 19.0 Å². The first-order chi connectivity index (χ1) is 11.2. The summed E-state index contributed by atoms with van der Waals surface area (Å²) in [5.41, 5.74) is 4.40. The van der Waals surface area contributed by atoms with E-state index in [1.807, 2.05) is 43.3 Å². The fraction of sp³-hybridized carbons (Fsp3) is 0.316. The third-order valence-corrected chi connectivity index (χ3v) is 3.83. The van der Waals surface area contributed by atoms with Crippen molar-refractivity contribution in [3.63, 3.8) is 0 Å². The molecule has 4 heteroatoms. The average molecular weight is 312 g/mol. The minimum atomic E-state index is -0.0405. The maximum atomic E-state index is 12.1. The normalized spacial score (nSPS) is 10.2. The van der Waals surface area contributed by atoms with Crippen molar-refractivity contribution in [3.05, 3.63) is 59.2 Å². The number of carbonyl (C=O) groups is 1. The van der Waals surface area contributed by atoms with Gasteiger partial charge in [-0.25, -0.2) is 0 Å². The van der Waals surface area contributed by atoms with Crippen LogP contribution in [0.2, 0.25) is 0 Å². The molecule has 2 N–H and O–H groups in total. The Morgan fingerprint density at radius 1 is 1.09 bits per heavy atom. The van der Waals surface area contributed by atoms with Crippen LogP contribution in [0.3, 0.4) is 0 Å². The lowest BCUT2D eigenvalue weighted by molar-refractivity contribution is -0.119. The van der Waals surface area contributed by atoms with Crippen LogP contribution in [0.15, 0.2) is 42.5 Å². The standard InChI is InChI=1S/C19H24N2O2/c1-4-15-10-7-8-14(2)19(15)21-13-18(22)20-12-16-9-5-6-11-17(16)23-3/h5-11,21H,4,12-13H2,1-3H3,(H,20,22). The molecule has 0 aliphatic rings. The Labute approximate surface area is 137 Å². The molecule has 0 saturated heterocycles. The van der Waals surface area contributed by atoms with Crippen molar-refractivity contribution >= 4 is 11.6 Å². The van der Waals surface area contributed by atoms with Gasteiger partial charge in [-0.2, -0.15) is 0 Å². The van der Waals surface area contributed by atoms with Gasteiger partial charge in [0.25, 0.3) is 0 Å². The van der Waals surface area contributed by atoms with Crippen LogP contribution in [0.1, 0.15) is 23.6 Å². The largest absolute Gasteiger partial charge is 0.496 e. The Morgan fingerprint density at radius 2 is 1.83 bits per heavy atom. The molecule has 0 aliphatic heterocycles. The molecule has 0 saturated carbocycles. The van der Waals surface area contributed by atoms with E-state index < -0.39 is 0 Å². The zero-order chi connectivity index (χ0) is 16.7. The van der Waals surface area contributed by atoms with Crippen molar-refractivity contribution in [2.24, 2.45) is 0 Å². The van der Waals surface area contributed by atoms with Crippen LogP contribution in [-0.4, -0.2) is 19.6 Å². The van der Waals surface area contributed by atoms with Gasteiger partial charge in [0.1, 0.15) is 5.75 Å². The Bertz CT molecular complexity index is 668. The first-order valence-electron chi connectivity index (χ1n) is 7.86. The molecule has 2 aromatic carbocycles. The van der Waals surface area contributed by atoms with Gasteiger partial charge in [0.15, 0.2) is 0 Å². The van der Waals surface area contributed by atoms with Crippen molar-refractivity contribution in [1.82, 2.24) is 5.32 Å². The van der Waals surface area contributed by atoms with Gasteiger partial charge in [0, 0.05) is 17.8 Å². The number of benzene rings is 2. The summed E-state index contributed by atoms with van der Waals surface area (Å²) in [5, 5.41) is 6.17. The van der Waals surface area contributed by atoms with Crippen LogP contribution in [0.5, 0.6) is 5.75 Å². The predicted octanol–water partition coefficient (Wildman–Crippen LogP) is 3.29. The molecule has 2 aromatic rings. The molecule has 0 bridgehead atoms. The molecule has 0 heterocycles. The molecular weight excluding hydrogens is 288 g/mol. The van der Waals surface area contributed by atoms with Gasteiger partial charge < -0.3 is 15.4 Å². The maximum absolute atomic E-state index is 12.1. The van der Waals surface area contributed by atoms with E-state index >= 15 is 0 Å². The SMILES string of the molecule is CCc1cccc(C)c1NCC(=O)NCc1ccccc1OC. The highest BCUT2D eigenvalue weighted by molar-refractivity contribution is 5.81. The second-order valence-electron chi connectivity index (χ2n) is 5.40. The number of amides is 1. The molecule has 0 spiro atoms. The van der Waals surface area contributed by atoms with Crippen LogP contribution < -0.4 is 15.4 Å². The number of ether oxygens (including phenoxy) is 1. The fourth-order valence-electron chi connectivity index (χ4n) is 2.55. The van der Waals surface area contributed by atoms with Gasteiger partial charge in [-0.1, -0.05) is 43.3 Å². The van der Waals surface area contributed by atoms with Gasteiger partial charge in [-0.15, -0.1) is 0 Å². The third-order valence-electron chi connectivity index (χ3n) is 3.83. The molecular formula is C19H24N2O2. The lowest BCUT2D eigenvalue weighted by Gasteiger charge is -2.14. The van der Waals surface area contributed by atoms with E-state index in [9.17, 15) is 4.79 Å². The second kappa shape index (κ2) is 8.22. The number of para-hydroxylation sites is 2. The van der Waals surface area contributed by atoms with E-state index in [1.54, 1.807) is 7.11 Å². The molecule has 1 amide bonds. The van der Waals surface area contributed by atoms with Gasteiger partial charge in [0.2, 0.25) is 5.91 Å². The van der Waals surface area contributed by atoms with Crippen LogP contribution in [0.4, 0.5) is 5.69 Å². The van der Waals surface area contributed by atoms with Crippen LogP contribution in [0, 0.1) is 6.92 Å². The third kappa shape index (κ3) is 4.49. The first kappa shape index (κ1) is 16.9. The minimum Gasteiger partial charge on any atom is -0.496 e. The highest BCUT2D eigenvalue weighted by Gasteiger charge is 2.08. The van der Waals surface area contributed by atoms with Crippen molar-refractivity contribution < 1.29 is 9.53 Å². The van der Waals surface area contributed by atoms with E-state index in [4.69, 9.17) is 4.74 Å². The molecule has 4 nitrogen and oxygen atoms in total. The Balaban J connectivity index is 1.91. The molecule has 0 unspecified atom stereocenters. The number of carbonyl (C=O) groups excluding carboxylic acids is 1. The first-order valence-corrected chi connectivity index (χ1v) is 7.86.